The normalized spacial score (nSPS) is 12.0. The number of hydrazone groups is 1. The Hall–Kier alpha value is -3.13. The SMILES string of the molecule is CC/C(N=Nc1nc2ccccc2s1)=N\Nc1ccc(C(=O)O)cc1. The van der Waals surface area contributed by atoms with Gasteiger partial charge in [0.1, 0.15) is 0 Å². The molecule has 0 aliphatic heterocycles. The molecule has 7 nitrogen and oxygen atoms in total. The van der Waals surface area contributed by atoms with E-state index >= 15 is 0 Å². The Balaban J connectivity index is 1.70. The third-order valence-electron chi connectivity index (χ3n) is 3.30. The van der Waals surface area contributed by atoms with Crippen molar-refractivity contribution in [2.24, 2.45) is 15.3 Å². The lowest BCUT2D eigenvalue weighted by molar-refractivity contribution is 0.0697. The number of aromatic nitrogens is 1. The van der Waals surface area contributed by atoms with Gasteiger partial charge < -0.3 is 5.11 Å². The molecule has 0 bridgehead atoms. The van der Waals surface area contributed by atoms with Crippen molar-refractivity contribution in [1.29, 1.82) is 0 Å². The molecule has 3 aromatic rings. The third kappa shape index (κ3) is 4.24. The maximum Gasteiger partial charge on any atom is 0.335 e. The number of nitrogens with zero attached hydrogens (tertiary/aromatic N) is 4. The number of carboxylic acid groups (broad SMARTS) is 1. The summed E-state index contributed by atoms with van der Waals surface area (Å²) >= 11 is 1.47. The molecular weight excluding hydrogens is 338 g/mol. The molecule has 0 aliphatic rings. The van der Waals surface area contributed by atoms with E-state index in [-0.39, 0.29) is 5.56 Å². The molecule has 0 saturated heterocycles. The molecular formula is C17H15N5O2S. The summed E-state index contributed by atoms with van der Waals surface area (Å²) in [6.45, 7) is 1.92. The van der Waals surface area contributed by atoms with Crippen molar-refractivity contribution in [1.82, 2.24) is 4.98 Å². The van der Waals surface area contributed by atoms with Crippen LogP contribution >= 0.6 is 11.3 Å². The number of carboxylic acids is 1. The Morgan fingerprint density at radius 2 is 1.96 bits per heavy atom. The molecule has 0 radical (unpaired) electrons. The molecule has 0 unspecified atom stereocenters. The maximum atomic E-state index is 10.8. The standard InChI is InChI=1S/C17H15N5O2S/c1-2-15(20-19-12-9-7-11(8-10-12)16(23)24)21-22-17-18-13-5-3-4-6-14(13)25-17/h3-10,19H,2H2,1H3,(H,23,24)/b20-15+,22-21?. The Labute approximate surface area is 147 Å². The fraction of sp³-hybridized carbons (Fsp3) is 0.118. The number of thiazole rings is 1. The van der Waals surface area contributed by atoms with Gasteiger partial charge in [0.2, 0.25) is 5.13 Å². The highest BCUT2D eigenvalue weighted by atomic mass is 32.1. The van der Waals surface area contributed by atoms with Crippen molar-refractivity contribution in [3.8, 4) is 0 Å². The molecule has 0 aliphatic carbocycles. The predicted molar refractivity (Wildman–Crippen MR) is 98.9 cm³/mol. The van der Waals surface area contributed by atoms with Crippen LogP contribution in [0.5, 0.6) is 0 Å². The minimum Gasteiger partial charge on any atom is -0.478 e. The maximum absolute atomic E-state index is 10.8. The number of para-hydroxylation sites is 1. The second kappa shape index (κ2) is 7.63. The van der Waals surface area contributed by atoms with Crippen LogP contribution in [-0.2, 0) is 0 Å². The molecule has 3 rings (SSSR count). The van der Waals surface area contributed by atoms with Gasteiger partial charge in [-0.25, -0.2) is 9.78 Å². The number of hydrogen-bond acceptors (Lipinski definition) is 6. The van der Waals surface area contributed by atoms with Gasteiger partial charge in [0.05, 0.1) is 21.5 Å². The first-order valence-corrected chi connectivity index (χ1v) is 8.40. The lowest BCUT2D eigenvalue weighted by Gasteiger charge is -2.01. The summed E-state index contributed by atoms with van der Waals surface area (Å²) in [5, 5.41) is 21.9. The van der Waals surface area contributed by atoms with Gasteiger partial charge in [-0.15, -0.1) is 10.2 Å². The summed E-state index contributed by atoms with van der Waals surface area (Å²) in [6.07, 6.45) is 0.592. The summed E-state index contributed by atoms with van der Waals surface area (Å²) in [5.41, 5.74) is 4.64. The van der Waals surface area contributed by atoms with Crippen LogP contribution in [0.2, 0.25) is 0 Å². The first-order chi connectivity index (χ1) is 12.2. The van der Waals surface area contributed by atoms with Gasteiger partial charge in [-0.2, -0.15) is 5.10 Å². The van der Waals surface area contributed by atoms with Crippen LogP contribution in [-0.4, -0.2) is 21.9 Å². The highest BCUT2D eigenvalue weighted by Gasteiger charge is 2.03. The van der Waals surface area contributed by atoms with Crippen molar-refractivity contribution in [3.05, 3.63) is 54.1 Å². The lowest BCUT2D eigenvalue weighted by Crippen LogP contribution is -1.99. The number of benzene rings is 2. The number of azo groups is 1. The largest absolute Gasteiger partial charge is 0.478 e. The Morgan fingerprint density at radius 1 is 1.20 bits per heavy atom. The molecule has 0 spiro atoms. The van der Waals surface area contributed by atoms with Gasteiger partial charge in [-0.05, 0) is 36.4 Å². The summed E-state index contributed by atoms with van der Waals surface area (Å²) in [4.78, 5) is 15.2. The van der Waals surface area contributed by atoms with E-state index in [2.05, 4.69) is 25.7 Å². The van der Waals surface area contributed by atoms with Crippen molar-refractivity contribution in [2.75, 3.05) is 5.43 Å². The fourth-order valence-electron chi connectivity index (χ4n) is 1.99. The van der Waals surface area contributed by atoms with Crippen molar-refractivity contribution in [2.45, 2.75) is 13.3 Å². The zero-order valence-corrected chi connectivity index (χ0v) is 14.2. The highest BCUT2D eigenvalue weighted by molar-refractivity contribution is 7.21. The molecule has 8 heteroatoms. The van der Waals surface area contributed by atoms with Crippen LogP contribution in [0, 0.1) is 0 Å². The molecule has 25 heavy (non-hydrogen) atoms. The number of anilines is 1. The van der Waals surface area contributed by atoms with Crippen LogP contribution in [0.25, 0.3) is 10.2 Å². The molecule has 1 heterocycles. The number of carbonyl (C=O) groups is 1. The number of fused-ring (bicyclic) bond motifs is 1. The van der Waals surface area contributed by atoms with Crippen LogP contribution < -0.4 is 5.43 Å². The smallest absolute Gasteiger partial charge is 0.335 e. The van der Waals surface area contributed by atoms with Gasteiger partial charge in [-0.1, -0.05) is 30.4 Å². The van der Waals surface area contributed by atoms with Gasteiger partial charge in [0.25, 0.3) is 0 Å². The quantitative estimate of drug-likeness (QED) is 0.294. The van der Waals surface area contributed by atoms with Gasteiger partial charge in [0.15, 0.2) is 5.84 Å². The summed E-state index contributed by atoms with van der Waals surface area (Å²) in [5.74, 6) is -0.449. The monoisotopic (exact) mass is 353 g/mol. The van der Waals surface area contributed by atoms with Gasteiger partial charge in [0, 0.05) is 6.42 Å². The van der Waals surface area contributed by atoms with E-state index in [0.717, 1.165) is 10.2 Å². The molecule has 2 aromatic carbocycles. The first-order valence-electron chi connectivity index (χ1n) is 7.59. The molecule has 0 atom stereocenters. The van der Waals surface area contributed by atoms with Crippen LogP contribution in [0.1, 0.15) is 23.7 Å². The van der Waals surface area contributed by atoms with E-state index in [1.54, 1.807) is 12.1 Å². The lowest BCUT2D eigenvalue weighted by atomic mass is 10.2. The summed E-state index contributed by atoms with van der Waals surface area (Å²) in [6, 6.07) is 14.1. The Kier molecular flexibility index (Phi) is 5.10. The van der Waals surface area contributed by atoms with Gasteiger partial charge >= 0.3 is 5.97 Å². The number of nitrogens with one attached hydrogen (secondary N) is 1. The average molecular weight is 353 g/mol. The molecule has 2 N–H and O–H groups in total. The number of amidine groups is 1. The van der Waals surface area contributed by atoms with E-state index in [9.17, 15) is 4.79 Å². The molecule has 0 fully saturated rings. The zero-order valence-electron chi connectivity index (χ0n) is 13.4. The highest BCUT2D eigenvalue weighted by Crippen LogP contribution is 2.27. The Morgan fingerprint density at radius 3 is 2.64 bits per heavy atom. The van der Waals surface area contributed by atoms with E-state index in [4.69, 9.17) is 5.11 Å². The minimum absolute atomic E-state index is 0.223. The van der Waals surface area contributed by atoms with E-state index < -0.39 is 5.97 Å². The third-order valence-corrected chi connectivity index (χ3v) is 4.22. The number of rotatable bonds is 5. The number of aromatic carboxylic acids is 1. The van der Waals surface area contributed by atoms with Crippen LogP contribution in [0.15, 0.2) is 63.9 Å². The number of hydrogen-bond donors (Lipinski definition) is 2. The minimum atomic E-state index is -0.964. The molecule has 0 amide bonds. The average Bonchev–Trinajstić information content (AvgIpc) is 3.05. The second-order valence-corrected chi connectivity index (χ2v) is 6.05. The van der Waals surface area contributed by atoms with Crippen LogP contribution in [0.3, 0.4) is 0 Å². The fourth-order valence-corrected chi connectivity index (χ4v) is 2.78. The van der Waals surface area contributed by atoms with E-state index in [0.29, 0.717) is 23.1 Å². The second-order valence-electron chi connectivity index (χ2n) is 5.04. The van der Waals surface area contributed by atoms with E-state index in [1.165, 1.54) is 23.5 Å². The van der Waals surface area contributed by atoms with Crippen molar-refractivity contribution >= 4 is 44.2 Å². The van der Waals surface area contributed by atoms with E-state index in [1.807, 2.05) is 31.2 Å². The molecule has 126 valence electrons. The topological polar surface area (TPSA) is 99.3 Å². The van der Waals surface area contributed by atoms with Crippen LogP contribution in [0.4, 0.5) is 10.8 Å². The molecule has 0 saturated carbocycles. The Bertz CT molecular complexity index is 914. The van der Waals surface area contributed by atoms with Crippen molar-refractivity contribution in [3.63, 3.8) is 0 Å². The zero-order chi connectivity index (χ0) is 17.6. The summed E-state index contributed by atoms with van der Waals surface area (Å²) in [7, 11) is 0. The van der Waals surface area contributed by atoms with Gasteiger partial charge in [-0.3, -0.25) is 5.43 Å². The summed E-state index contributed by atoms with van der Waals surface area (Å²) < 4.78 is 1.06. The first kappa shape index (κ1) is 16.7. The van der Waals surface area contributed by atoms with Crippen molar-refractivity contribution < 1.29 is 9.90 Å². The predicted octanol–water partition coefficient (Wildman–Crippen LogP) is 4.91. The molecule has 1 aromatic heterocycles.